The summed E-state index contributed by atoms with van der Waals surface area (Å²) in [4.78, 5) is 28.3. The monoisotopic (exact) mass is 235 g/mol. The van der Waals surface area contributed by atoms with Crippen LogP contribution in [-0.2, 0) is 9.53 Å². The number of rotatable bonds is 2. The fourth-order valence-corrected chi connectivity index (χ4v) is 1.76. The highest BCUT2D eigenvalue weighted by atomic mass is 16.5. The molecule has 2 rings (SSSR count). The molecule has 1 amide bonds. The SMILES string of the molecule is COC(=O)c1ccc(N2CC(N)CC2=O)cn1. The summed E-state index contributed by atoms with van der Waals surface area (Å²) in [7, 11) is 1.29. The average Bonchev–Trinajstić information content (AvgIpc) is 2.68. The smallest absolute Gasteiger partial charge is 0.356 e. The van der Waals surface area contributed by atoms with Gasteiger partial charge in [-0.3, -0.25) is 4.79 Å². The summed E-state index contributed by atoms with van der Waals surface area (Å²) in [6.07, 6.45) is 1.82. The number of esters is 1. The number of anilines is 1. The van der Waals surface area contributed by atoms with Gasteiger partial charge in [0.15, 0.2) is 0 Å². The van der Waals surface area contributed by atoms with Crippen molar-refractivity contribution < 1.29 is 14.3 Å². The van der Waals surface area contributed by atoms with Crippen LogP contribution in [0.3, 0.4) is 0 Å². The van der Waals surface area contributed by atoms with Gasteiger partial charge in [-0.2, -0.15) is 0 Å². The van der Waals surface area contributed by atoms with Crippen LogP contribution in [0.5, 0.6) is 0 Å². The highest BCUT2D eigenvalue weighted by molar-refractivity contribution is 5.96. The van der Waals surface area contributed by atoms with E-state index in [1.165, 1.54) is 19.4 Å². The maximum Gasteiger partial charge on any atom is 0.356 e. The molecule has 1 atom stereocenters. The van der Waals surface area contributed by atoms with E-state index in [-0.39, 0.29) is 17.6 Å². The largest absolute Gasteiger partial charge is 0.464 e. The Bertz CT molecular complexity index is 444. The van der Waals surface area contributed by atoms with Crippen LogP contribution in [0.15, 0.2) is 18.3 Å². The van der Waals surface area contributed by atoms with Gasteiger partial charge in [0.25, 0.3) is 0 Å². The highest BCUT2D eigenvalue weighted by Crippen LogP contribution is 2.20. The zero-order valence-corrected chi connectivity index (χ0v) is 9.42. The predicted molar refractivity (Wildman–Crippen MR) is 60.5 cm³/mol. The van der Waals surface area contributed by atoms with Gasteiger partial charge in [0, 0.05) is 19.0 Å². The molecule has 1 saturated heterocycles. The molecule has 6 heteroatoms. The van der Waals surface area contributed by atoms with Crippen LogP contribution in [0, 0.1) is 0 Å². The van der Waals surface area contributed by atoms with Gasteiger partial charge in [0.1, 0.15) is 5.69 Å². The van der Waals surface area contributed by atoms with Crippen molar-refractivity contribution in [1.29, 1.82) is 0 Å². The first-order valence-corrected chi connectivity index (χ1v) is 5.22. The Morgan fingerprint density at radius 1 is 1.59 bits per heavy atom. The number of methoxy groups -OCH3 is 1. The van der Waals surface area contributed by atoms with Crippen molar-refractivity contribution in [3.05, 3.63) is 24.0 Å². The number of amides is 1. The molecule has 2 N–H and O–H groups in total. The second-order valence-electron chi connectivity index (χ2n) is 3.86. The minimum atomic E-state index is -0.499. The lowest BCUT2D eigenvalue weighted by molar-refractivity contribution is -0.117. The van der Waals surface area contributed by atoms with Crippen LogP contribution >= 0.6 is 0 Å². The van der Waals surface area contributed by atoms with Gasteiger partial charge in [-0.25, -0.2) is 9.78 Å². The molecule has 0 spiro atoms. The Hall–Kier alpha value is -1.95. The van der Waals surface area contributed by atoms with Crippen LogP contribution in [0.2, 0.25) is 0 Å². The van der Waals surface area contributed by atoms with E-state index in [2.05, 4.69) is 9.72 Å². The van der Waals surface area contributed by atoms with E-state index in [4.69, 9.17) is 5.73 Å². The number of hydrogen-bond donors (Lipinski definition) is 1. The van der Waals surface area contributed by atoms with Crippen LogP contribution in [-0.4, -0.2) is 36.6 Å². The lowest BCUT2D eigenvalue weighted by atomic mass is 10.3. The highest BCUT2D eigenvalue weighted by Gasteiger charge is 2.28. The van der Waals surface area contributed by atoms with Crippen molar-refractivity contribution in [2.45, 2.75) is 12.5 Å². The van der Waals surface area contributed by atoms with Crippen molar-refractivity contribution in [2.24, 2.45) is 5.73 Å². The van der Waals surface area contributed by atoms with E-state index < -0.39 is 5.97 Å². The number of hydrogen-bond acceptors (Lipinski definition) is 5. The van der Waals surface area contributed by atoms with Crippen molar-refractivity contribution in [1.82, 2.24) is 4.98 Å². The Morgan fingerprint density at radius 3 is 2.82 bits per heavy atom. The summed E-state index contributed by atoms with van der Waals surface area (Å²) in [5, 5.41) is 0. The van der Waals surface area contributed by atoms with Gasteiger partial charge < -0.3 is 15.4 Å². The molecule has 1 fully saturated rings. The van der Waals surface area contributed by atoms with E-state index in [1.54, 1.807) is 11.0 Å². The van der Waals surface area contributed by atoms with E-state index in [0.29, 0.717) is 18.7 Å². The molecule has 1 aromatic heterocycles. The number of nitrogens with zero attached hydrogens (tertiary/aromatic N) is 2. The normalized spacial score (nSPS) is 19.5. The van der Waals surface area contributed by atoms with Crippen LogP contribution < -0.4 is 10.6 Å². The fourth-order valence-electron chi connectivity index (χ4n) is 1.76. The van der Waals surface area contributed by atoms with Crippen molar-refractivity contribution in [2.75, 3.05) is 18.6 Å². The van der Waals surface area contributed by atoms with Gasteiger partial charge in [-0.1, -0.05) is 0 Å². The Labute approximate surface area is 98.4 Å². The van der Waals surface area contributed by atoms with Crippen LogP contribution in [0.25, 0.3) is 0 Å². The molecular formula is C11H13N3O3. The third-order valence-electron chi connectivity index (χ3n) is 2.61. The third-order valence-corrected chi connectivity index (χ3v) is 2.61. The van der Waals surface area contributed by atoms with E-state index >= 15 is 0 Å². The average molecular weight is 235 g/mol. The van der Waals surface area contributed by atoms with Gasteiger partial charge in [-0.15, -0.1) is 0 Å². The van der Waals surface area contributed by atoms with Crippen molar-refractivity contribution in [3.8, 4) is 0 Å². The Balaban J connectivity index is 2.18. The summed E-state index contributed by atoms with van der Waals surface area (Å²) in [5.41, 5.74) is 6.56. The minimum absolute atomic E-state index is 0.0230. The van der Waals surface area contributed by atoms with E-state index in [0.717, 1.165) is 0 Å². The molecule has 1 aliphatic heterocycles. The maximum absolute atomic E-state index is 11.6. The van der Waals surface area contributed by atoms with Crippen molar-refractivity contribution >= 4 is 17.6 Å². The summed E-state index contributed by atoms with van der Waals surface area (Å²) >= 11 is 0. The van der Waals surface area contributed by atoms with Gasteiger partial charge >= 0.3 is 5.97 Å². The molecule has 90 valence electrons. The summed E-state index contributed by atoms with van der Waals surface area (Å²) in [5.74, 6) is -0.522. The summed E-state index contributed by atoms with van der Waals surface area (Å²) in [6.45, 7) is 0.484. The zero-order chi connectivity index (χ0) is 12.4. The molecule has 1 unspecified atom stereocenters. The number of ether oxygens (including phenoxy) is 1. The van der Waals surface area contributed by atoms with E-state index in [9.17, 15) is 9.59 Å². The summed E-state index contributed by atoms with van der Waals surface area (Å²) < 4.78 is 4.54. The molecule has 0 aromatic carbocycles. The second-order valence-corrected chi connectivity index (χ2v) is 3.86. The van der Waals surface area contributed by atoms with Crippen LogP contribution in [0.1, 0.15) is 16.9 Å². The summed E-state index contributed by atoms with van der Waals surface area (Å²) in [6, 6.07) is 3.05. The number of nitrogens with two attached hydrogens (primary N) is 1. The molecule has 0 aliphatic carbocycles. The van der Waals surface area contributed by atoms with E-state index in [1.807, 2.05) is 0 Å². The third kappa shape index (κ3) is 2.26. The molecule has 0 bridgehead atoms. The first-order valence-electron chi connectivity index (χ1n) is 5.22. The van der Waals surface area contributed by atoms with Gasteiger partial charge in [0.05, 0.1) is 19.0 Å². The standard InChI is InChI=1S/C11H13N3O3/c1-17-11(16)9-3-2-8(5-13-9)14-6-7(12)4-10(14)15/h2-3,5,7H,4,6,12H2,1H3. The number of carbonyl (C=O) groups excluding carboxylic acids is 2. The second kappa shape index (κ2) is 4.50. The van der Waals surface area contributed by atoms with Gasteiger partial charge in [0.2, 0.25) is 5.91 Å². The van der Waals surface area contributed by atoms with Crippen molar-refractivity contribution in [3.63, 3.8) is 0 Å². The molecule has 17 heavy (non-hydrogen) atoms. The first-order chi connectivity index (χ1) is 8.11. The quantitative estimate of drug-likeness (QED) is 0.725. The topological polar surface area (TPSA) is 85.5 Å². The lowest BCUT2D eigenvalue weighted by Crippen LogP contribution is -2.28. The molecule has 0 radical (unpaired) electrons. The predicted octanol–water partition coefficient (Wildman–Crippen LogP) is -0.0678. The fraction of sp³-hybridized carbons (Fsp3) is 0.364. The number of aromatic nitrogens is 1. The number of pyridine rings is 1. The van der Waals surface area contributed by atoms with Crippen LogP contribution in [0.4, 0.5) is 5.69 Å². The van der Waals surface area contributed by atoms with Gasteiger partial charge in [-0.05, 0) is 12.1 Å². The molecule has 0 saturated carbocycles. The molecule has 1 aromatic rings. The molecule has 6 nitrogen and oxygen atoms in total. The minimum Gasteiger partial charge on any atom is -0.464 e. The Kier molecular flexibility index (Phi) is 3.06. The maximum atomic E-state index is 11.6. The molecule has 2 heterocycles. The first kappa shape index (κ1) is 11.5. The lowest BCUT2D eigenvalue weighted by Gasteiger charge is -2.15. The molecule has 1 aliphatic rings. The Morgan fingerprint density at radius 2 is 2.35 bits per heavy atom. The number of carbonyl (C=O) groups is 2. The zero-order valence-electron chi connectivity index (χ0n) is 9.42. The molecular weight excluding hydrogens is 222 g/mol.